The summed E-state index contributed by atoms with van der Waals surface area (Å²) >= 11 is 0. The van der Waals surface area contributed by atoms with Crippen LogP contribution in [0.4, 0.5) is 13.2 Å². The molecule has 2 unspecified atom stereocenters. The number of carbonyl (C=O) groups is 1. The molecule has 174 valence electrons. The zero-order valence-electron chi connectivity index (χ0n) is 19.0. The number of hydrogen-bond donors (Lipinski definition) is 2. The Morgan fingerprint density at radius 3 is 2.52 bits per heavy atom. The molecular weight excluding hydrogens is 429 g/mol. The van der Waals surface area contributed by atoms with E-state index in [0.717, 1.165) is 16.5 Å². The summed E-state index contributed by atoms with van der Waals surface area (Å²) < 4.78 is 45.7. The van der Waals surface area contributed by atoms with E-state index >= 15 is 8.78 Å². The Labute approximate surface area is 190 Å². The van der Waals surface area contributed by atoms with Gasteiger partial charge >= 0.3 is 0 Å². The van der Waals surface area contributed by atoms with Gasteiger partial charge in [0.1, 0.15) is 23.1 Å². The van der Waals surface area contributed by atoms with Gasteiger partial charge in [-0.1, -0.05) is 6.08 Å². The maximum Gasteiger partial charge on any atom is 0.152 e. The number of allylic oxidation sites excluding steroid dienone is 1. The van der Waals surface area contributed by atoms with E-state index in [1.165, 1.54) is 45.1 Å². The van der Waals surface area contributed by atoms with Gasteiger partial charge in [-0.25, -0.2) is 13.2 Å². The monoisotopic (exact) mass is 456 g/mol. The second kappa shape index (κ2) is 8.37. The first-order chi connectivity index (χ1) is 15.4. The van der Waals surface area contributed by atoms with E-state index in [4.69, 9.17) is 0 Å². The summed E-state index contributed by atoms with van der Waals surface area (Å²) in [6.45, 7) is 6.12. The largest absolute Gasteiger partial charge is 0.508 e. The molecule has 0 spiro atoms. The van der Waals surface area contributed by atoms with Gasteiger partial charge in [-0.15, -0.1) is 0 Å². The van der Waals surface area contributed by atoms with Crippen molar-refractivity contribution in [1.82, 2.24) is 9.88 Å². The fraction of sp³-hybridized carbons (Fsp3) is 0.346. The van der Waals surface area contributed by atoms with Crippen LogP contribution in [-0.4, -0.2) is 39.0 Å². The van der Waals surface area contributed by atoms with Crippen LogP contribution in [0.2, 0.25) is 0 Å². The van der Waals surface area contributed by atoms with Crippen molar-refractivity contribution in [3.8, 4) is 5.75 Å². The lowest BCUT2D eigenvalue weighted by Gasteiger charge is -2.43. The molecule has 2 heterocycles. The number of rotatable bonds is 5. The van der Waals surface area contributed by atoms with Crippen molar-refractivity contribution in [2.75, 3.05) is 6.54 Å². The molecule has 0 bridgehead atoms. The van der Waals surface area contributed by atoms with Gasteiger partial charge in [0, 0.05) is 34.7 Å². The number of phenols is 1. The van der Waals surface area contributed by atoms with E-state index in [1.807, 2.05) is 6.92 Å². The second-order valence-corrected chi connectivity index (χ2v) is 9.44. The van der Waals surface area contributed by atoms with E-state index in [1.54, 1.807) is 23.1 Å². The summed E-state index contributed by atoms with van der Waals surface area (Å²) in [6, 6.07) is 6.16. The molecule has 33 heavy (non-hydrogen) atoms. The molecule has 0 saturated carbocycles. The number of ketones is 1. The predicted molar refractivity (Wildman–Crippen MR) is 123 cm³/mol. The third kappa shape index (κ3) is 4.55. The van der Waals surface area contributed by atoms with E-state index < -0.39 is 23.3 Å². The topological polar surface area (TPSA) is 56.3 Å². The number of aromatic hydroxyl groups is 1. The number of benzene rings is 2. The number of hydrogen-bond acceptors (Lipinski definition) is 3. The molecule has 0 aliphatic carbocycles. The highest BCUT2D eigenvalue weighted by molar-refractivity contribution is 5.91. The van der Waals surface area contributed by atoms with Crippen LogP contribution in [0.3, 0.4) is 0 Å². The Kier molecular flexibility index (Phi) is 5.86. The zero-order chi connectivity index (χ0) is 24.1. The average molecular weight is 457 g/mol. The van der Waals surface area contributed by atoms with Gasteiger partial charge in [-0.3, -0.25) is 9.69 Å². The molecule has 0 fully saturated rings. The minimum Gasteiger partial charge on any atom is -0.508 e. The van der Waals surface area contributed by atoms with Crippen LogP contribution in [0.1, 0.15) is 56.1 Å². The molecule has 3 aromatic rings. The highest BCUT2D eigenvalue weighted by Crippen LogP contribution is 2.43. The number of halogens is 3. The first-order valence-electron chi connectivity index (χ1n) is 10.9. The SMILES string of the molecule is CC(=O)/C=C/c1cc(F)c(C2c3[nH]c4ccc(O)cc4c3CC(C)N2CC(C)(C)F)c(F)c1. The Hall–Kier alpha value is -3.06. The molecule has 4 rings (SSSR count). The summed E-state index contributed by atoms with van der Waals surface area (Å²) in [5, 5.41) is 10.8. The molecule has 1 aliphatic heterocycles. The fourth-order valence-corrected chi connectivity index (χ4v) is 4.71. The quantitative estimate of drug-likeness (QED) is 0.475. The zero-order valence-corrected chi connectivity index (χ0v) is 19.0. The molecule has 0 radical (unpaired) electrons. The Balaban J connectivity index is 1.93. The van der Waals surface area contributed by atoms with E-state index in [2.05, 4.69) is 4.98 Å². The summed E-state index contributed by atoms with van der Waals surface area (Å²) in [5.74, 6) is -1.68. The number of aromatic amines is 1. The normalized spacial score (nSPS) is 19.4. The number of phenolic OH excluding ortho intramolecular Hbond substituents is 1. The first kappa shape index (κ1) is 23.1. The summed E-state index contributed by atoms with van der Waals surface area (Å²) in [4.78, 5) is 16.3. The van der Waals surface area contributed by atoms with Crippen molar-refractivity contribution in [1.29, 1.82) is 0 Å². The van der Waals surface area contributed by atoms with E-state index in [0.29, 0.717) is 12.1 Å². The second-order valence-electron chi connectivity index (χ2n) is 9.44. The van der Waals surface area contributed by atoms with Crippen molar-refractivity contribution in [3.05, 3.63) is 70.4 Å². The summed E-state index contributed by atoms with van der Waals surface area (Å²) in [6.07, 6.45) is 3.15. The van der Waals surface area contributed by atoms with Crippen LogP contribution in [0.25, 0.3) is 17.0 Å². The van der Waals surface area contributed by atoms with Crippen molar-refractivity contribution in [2.45, 2.75) is 51.9 Å². The van der Waals surface area contributed by atoms with Crippen molar-refractivity contribution >= 4 is 22.8 Å². The molecule has 4 nitrogen and oxygen atoms in total. The molecule has 2 N–H and O–H groups in total. The number of aromatic nitrogens is 1. The fourth-order valence-electron chi connectivity index (χ4n) is 4.71. The van der Waals surface area contributed by atoms with Crippen molar-refractivity contribution in [2.24, 2.45) is 0 Å². The van der Waals surface area contributed by atoms with Crippen LogP contribution in [0, 0.1) is 11.6 Å². The van der Waals surface area contributed by atoms with Crippen LogP contribution < -0.4 is 0 Å². The van der Waals surface area contributed by atoms with Gasteiger partial charge < -0.3 is 10.1 Å². The molecule has 1 aromatic heterocycles. The Bertz CT molecular complexity index is 1230. The predicted octanol–water partition coefficient (Wildman–Crippen LogP) is 5.84. The molecular formula is C26H27F3N2O2. The minimum absolute atomic E-state index is 0.0240. The number of alkyl halides is 1. The van der Waals surface area contributed by atoms with E-state index in [9.17, 15) is 14.3 Å². The molecule has 7 heteroatoms. The maximum atomic E-state index is 15.4. The van der Waals surface area contributed by atoms with Gasteiger partial charge in [0.15, 0.2) is 5.78 Å². The lowest BCUT2D eigenvalue weighted by molar-refractivity contribution is -0.112. The highest BCUT2D eigenvalue weighted by Gasteiger charge is 2.40. The number of nitrogens with zero attached hydrogens (tertiary/aromatic N) is 1. The first-order valence-corrected chi connectivity index (χ1v) is 10.9. The van der Waals surface area contributed by atoms with Gasteiger partial charge in [0.25, 0.3) is 0 Å². The Morgan fingerprint density at radius 1 is 1.24 bits per heavy atom. The molecule has 1 aliphatic rings. The molecule has 2 aromatic carbocycles. The smallest absolute Gasteiger partial charge is 0.152 e. The standard InChI is InChI=1S/C26H27F3N2O2/c1-14-9-19-18-12-17(33)7-8-22(18)30-24(19)25(31(14)13-26(3,4)29)23-20(27)10-16(11-21(23)28)6-5-15(2)32/h5-8,10-12,14,25,30,33H,9,13H2,1-4H3/b6-5+. The third-order valence-corrected chi connectivity index (χ3v) is 6.04. The summed E-state index contributed by atoms with van der Waals surface area (Å²) in [5.41, 5.74) is 0.632. The van der Waals surface area contributed by atoms with Gasteiger partial charge in [-0.2, -0.15) is 0 Å². The van der Waals surface area contributed by atoms with Gasteiger partial charge in [0.2, 0.25) is 0 Å². The number of H-pyrrole nitrogens is 1. The Morgan fingerprint density at radius 2 is 1.91 bits per heavy atom. The number of carbonyl (C=O) groups excluding carboxylic acids is 1. The van der Waals surface area contributed by atoms with Gasteiger partial charge in [0.05, 0.1) is 6.04 Å². The maximum absolute atomic E-state index is 15.4. The lowest BCUT2D eigenvalue weighted by Crippen LogP contribution is -2.48. The summed E-state index contributed by atoms with van der Waals surface area (Å²) in [7, 11) is 0. The minimum atomic E-state index is -1.59. The van der Waals surface area contributed by atoms with Crippen molar-refractivity contribution < 1.29 is 23.1 Å². The highest BCUT2D eigenvalue weighted by atomic mass is 19.1. The van der Waals surface area contributed by atoms with Crippen LogP contribution in [-0.2, 0) is 11.2 Å². The van der Waals surface area contributed by atoms with Crippen molar-refractivity contribution in [3.63, 3.8) is 0 Å². The van der Waals surface area contributed by atoms with Gasteiger partial charge in [-0.05, 0) is 81.7 Å². The molecule has 0 saturated heterocycles. The van der Waals surface area contributed by atoms with Crippen LogP contribution in [0.5, 0.6) is 5.75 Å². The number of fused-ring (bicyclic) bond motifs is 3. The number of nitrogens with one attached hydrogen (secondary N) is 1. The lowest BCUT2D eigenvalue weighted by atomic mass is 9.87. The van der Waals surface area contributed by atoms with Crippen LogP contribution >= 0.6 is 0 Å². The molecule has 0 amide bonds. The van der Waals surface area contributed by atoms with E-state index in [-0.39, 0.29) is 35.2 Å². The molecule has 2 atom stereocenters. The van der Waals surface area contributed by atoms with Crippen LogP contribution in [0.15, 0.2) is 36.4 Å². The third-order valence-electron chi connectivity index (χ3n) is 6.04. The average Bonchev–Trinajstić information content (AvgIpc) is 3.04.